The lowest BCUT2D eigenvalue weighted by Crippen LogP contribution is -1.98. The van der Waals surface area contributed by atoms with E-state index in [1.54, 1.807) is 0 Å². The van der Waals surface area contributed by atoms with E-state index in [2.05, 4.69) is 6.07 Å². The summed E-state index contributed by atoms with van der Waals surface area (Å²) in [5, 5.41) is 0. The lowest BCUT2D eigenvalue weighted by Gasteiger charge is -2.09. The molecule has 0 atom stereocenters. The minimum Gasteiger partial charge on any atom is -0.494 e. The van der Waals surface area contributed by atoms with Crippen molar-refractivity contribution in [2.45, 2.75) is 13.3 Å². The second-order valence-electron chi connectivity index (χ2n) is 4.22. The summed E-state index contributed by atoms with van der Waals surface area (Å²) in [4.78, 5) is 0. The summed E-state index contributed by atoms with van der Waals surface area (Å²) in [6.07, 6.45) is 0.762. The molecular formula is C15H18N2O. The van der Waals surface area contributed by atoms with Gasteiger partial charge in [-0.25, -0.2) is 0 Å². The summed E-state index contributed by atoms with van der Waals surface area (Å²) in [5.74, 6) is 0.887. The monoisotopic (exact) mass is 242 g/mol. The van der Waals surface area contributed by atoms with E-state index in [4.69, 9.17) is 16.2 Å². The molecule has 0 radical (unpaired) electrons. The predicted molar refractivity (Wildman–Crippen MR) is 75.7 cm³/mol. The van der Waals surface area contributed by atoms with E-state index in [9.17, 15) is 0 Å². The number of benzene rings is 2. The van der Waals surface area contributed by atoms with Crippen molar-refractivity contribution in [2.24, 2.45) is 0 Å². The van der Waals surface area contributed by atoms with Crippen LogP contribution in [0.1, 0.15) is 18.1 Å². The van der Waals surface area contributed by atoms with Gasteiger partial charge in [0.1, 0.15) is 5.75 Å². The fraction of sp³-hybridized carbons (Fsp3) is 0.200. The van der Waals surface area contributed by atoms with Crippen LogP contribution < -0.4 is 16.2 Å². The zero-order chi connectivity index (χ0) is 13.0. The predicted octanol–water partition coefficient (Wildman–Crippen LogP) is 2.84. The fourth-order valence-electron chi connectivity index (χ4n) is 1.91. The first-order chi connectivity index (χ1) is 8.69. The van der Waals surface area contributed by atoms with Gasteiger partial charge in [0.15, 0.2) is 0 Å². The summed E-state index contributed by atoms with van der Waals surface area (Å²) < 4.78 is 5.48. The van der Waals surface area contributed by atoms with Gasteiger partial charge in [0.25, 0.3) is 0 Å². The Bertz CT molecular complexity index is 538. The number of rotatable bonds is 4. The Hall–Kier alpha value is -2.16. The lowest BCUT2D eigenvalue weighted by molar-refractivity contribution is 0.340. The molecule has 2 rings (SSSR count). The van der Waals surface area contributed by atoms with Crippen molar-refractivity contribution in [3.8, 4) is 5.75 Å². The standard InChI is InChI=1S/C15H18N2O/c1-2-18-14-5-3-4-11(9-14)8-12-10-13(16)6-7-15(12)17/h3-7,9-10H,2,8,16-17H2,1H3. The highest BCUT2D eigenvalue weighted by molar-refractivity contribution is 5.56. The molecule has 0 aliphatic heterocycles. The van der Waals surface area contributed by atoms with E-state index in [1.165, 1.54) is 5.56 Å². The smallest absolute Gasteiger partial charge is 0.119 e. The van der Waals surface area contributed by atoms with Crippen molar-refractivity contribution in [2.75, 3.05) is 18.1 Å². The molecule has 0 fully saturated rings. The summed E-state index contributed by atoms with van der Waals surface area (Å²) in [5.41, 5.74) is 15.4. The van der Waals surface area contributed by atoms with Crippen LogP contribution in [0.4, 0.5) is 11.4 Å². The quantitative estimate of drug-likeness (QED) is 0.810. The Morgan fingerprint density at radius 3 is 2.67 bits per heavy atom. The molecule has 0 unspecified atom stereocenters. The van der Waals surface area contributed by atoms with Gasteiger partial charge in [-0.1, -0.05) is 12.1 Å². The van der Waals surface area contributed by atoms with E-state index in [0.717, 1.165) is 29.1 Å². The van der Waals surface area contributed by atoms with Gasteiger partial charge in [0.05, 0.1) is 6.61 Å². The maximum Gasteiger partial charge on any atom is 0.119 e. The molecule has 0 aliphatic carbocycles. The Morgan fingerprint density at radius 2 is 1.89 bits per heavy atom. The largest absolute Gasteiger partial charge is 0.494 e. The van der Waals surface area contributed by atoms with Gasteiger partial charge in [-0.3, -0.25) is 0 Å². The molecule has 0 aliphatic rings. The molecule has 0 heterocycles. The molecule has 2 aromatic rings. The van der Waals surface area contributed by atoms with Gasteiger partial charge in [-0.2, -0.15) is 0 Å². The van der Waals surface area contributed by atoms with Crippen molar-refractivity contribution < 1.29 is 4.74 Å². The van der Waals surface area contributed by atoms with Crippen molar-refractivity contribution in [3.63, 3.8) is 0 Å². The molecule has 0 saturated carbocycles. The minimum atomic E-state index is 0.671. The van der Waals surface area contributed by atoms with E-state index in [1.807, 2.05) is 43.3 Å². The van der Waals surface area contributed by atoms with Crippen LogP contribution in [-0.4, -0.2) is 6.61 Å². The van der Waals surface area contributed by atoms with Gasteiger partial charge >= 0.3 is 0 Å². The van der Waals surface area contributed by atoms with Crippen LogP contribution in [0.25, 0.3) is 0 Å². The molecule has 4 N–H and O–H groups in total. The third-order valence-corrected chi connectivity index (χ3v) is 2.77. The Balaban J connectivity index is 2.22. The third-order valence-electron chi connectivity index (χ3n) is 2.77. The van der Waals surface area contributed by atoms with E-state index < -0.39 is 0 Å². The van der Waals surface area contributed by atoms with Crippen LogP contribution in [-0.2, 0) is 6.42 Å². The number of anilines is 2. The molecule has 3 nitrogen and oxygen atoms in total. The van der Waals surface area contributed by atoms with Crippen LogP contribution in [0.3, 0.4) is 0 Å². The van der Waals surface area contributed by atoms with Gasteiger partial charge < -0.3 is 16.2 Å². The first kappa shape index (κ1) is 12.3. The maximum atomic E-state index is 5.95. The minimum absolute atomic E-state index is 0.671. The summed E-state index contributed by atoms with van der Waals surface area (Å²) >= 11 is 0. The van der Waals surface area contributed by atoms with E-state index >= 15 is 0 Å². The summed E-state index contributed by atoms with van der Waals surface area (Å²) in [6.45, 7) is 2.65. The zero-order valence-corrected chi connectivity index (χ0v) is 10.5. The van der Waals surface area contributed by atoms with Crippen molar-refractivity contribution in [1.29, 1.82) is 0 Å². The number of ether oxygens (including phenoxy) is 1. The Kier molecular flexibility index (Phi) is 3.72. The second-order valence-corrected chi connectivity index (χ2v) is 4.22. The summed E-state index contributed by atoms with van der Waals surface area (Å²) in [6, 6.07) is 13.6. The molecule has 0 aromatic heterocycles. The maximum absolute atomic E-state index is 5.95. The number of hydrogen-bond acceptors (Lipinski definition) is 3. The normalized spacial score (nSPS) is 10.3. The van der Waals surface area contributed by atoms with Crippen molar-refractivity contribution in [3.05, 3.63) is 53.6 Å². The first-order valence-electron chi connectivity index (χ1n) is 6.04. The Morgan fingerprint density at radius 1 is 1.06 bits per heavy atom. The average Bonchev–Trinajstić information content (AvgIpc) is 2.35. The van der Waals surface area contributed by atoms with E-state index in [0.29, 0.717) is 6.61 Å². The van der Waals surface area contributed by atoms with Crippen LogP contribution >= 0.6 is 0 Å². The highest BCUT2D eigenvalue weighted by Crippen LogP contribution is 2.21. The van der Waals surface area contributed by atoms with Gasteiger partial charge in [0, 0.05) is 11.4 Å². The molecule has 2 aromatic carbocycles. The second kappa shape index (κ2) is 5.45. The lowest BCUT2D eigenvalue weighted by atomic mass is 10.0. The number of nitrogen functional groups attached to an aromatic ring is 2. The van der Waals surface area contributed by atoms with Gasteiger partial charge in [-0.15, -0.1) is 0 Å². The molecule has 0 spiro atoms. The average molecular weight is 242 g/mol. The highest BCUT2D eigenvalue weighted by Gasteiger charge is 2.03. The molecular weight excluding hydrogens is 224 g/mol. The van der Waals surface area contributed by atoms with Crippen LogP contribution in [0.15, 0.2) is 42.5 Å². The molecule has 3 heteroatoms. The van der Waals surface area contributed by atoms with E-state index in [-0.39, 0.29) is 0 Å². The molecule has 18 heavy (non-hydrogen) atoms. The molecule has 94 valence electrons. The van der Waals surface area contributed by atoms with Crippen molar-refractivity contribution in [1.82, 2.24) is 0 Å². The molecule has 0 amide bonds. The van der Waals surface area contributed by atoms with Gasteiger partial charge in [0.2, 0.25) is 0 Å². The topological polar surface area (TPSA) is 61.3 Å². The molecule has 0 saturated heterocycles. The zero-order valence-electron chi connectivity index (χ0n) is 10.5. The third kappa shape index (κ3) is 2.94. The van der Waals surface area contributed by atoms with Crippen molar-refractivity contribution >= 4 is 11.4 Å². The molecule has 0 bridgehead atoms. The van der Waals surface area contributed by atoms with Crippen LogP contribution in [0.2, 0.25) is 0 Å². The SMILES string of the molecule is CCOc1cccc(Cc2cc(N)ccc2N)c1. The van der Waals surface area contributed by atoms with Crippen LogP contribution in [0, 0.1) is 0 Å². The Labute approximate surface area is 107 Å². The fourth-order valence-corrected chi connectivity index (χ4v) is 1.91. The van der Waals surface area contributed by atoms with Gasteiger partial charge in [-0.05, 0) is 54.8 Å². The summed E-state index contributed by atoms with van der Waals surface area (Å²) in [7, 11) is 0. The highest BCUT2D eigenvalue weighted by atomic mass is 16.5. The number of hydrogen-bond donors (Lipinski definition) is 2. The first-order valence-corrected chi connectivity index (χ1v) is 6.04. The number of nitrogens with two attached hydrogens (primary N) is 2. The van der Waals surface area contributed by atoms with Crippen LogP contribution in [0.5, 0.6) is 5.75 Å².